The first-order chi connectivity index (χ1) is 8.22. The van der Waals surface area contributed by atoms with Crippen molar-refractivity contribution >= 4 is 24.0 Å². The van der Waals surface area contributed by atoms with Gasteiger partial charge in [0.05, 0.1) is 0 Å². The number of nitrogens with one attached hydrogen (secondary N) is 1. The average molecular weight is 272 g/mol. The number of halogens is 1. The standard InChI is InChI=1S/C10H13N5O2.ClH/c11-4-5-12-9(16)7-15-10(17)14-6-2-1-3-8(14)13-15;/h1-3,6H,4-5,7,11H2,(H,12,16);1H. The summed E-state index contributed by atoms with van der Waals surface area (Å²) in [5.41, 5.74) is 5.45. The minimum Gasteiger partial charge on any atom is -0.353 e. The Bertz CT molecular complexity index is 591. The van der Waals surface area contributed by atoms with Gasteiger partial charge in [0.25, 0.3) is 0 Å². The number of aromatic nitrogens is 3. The van der Waals surface area contributed by atoms with Gasteiger partial charge < -0.3 is 11.1 Å². The summed E-state index contributed by atoms with van der Waals surface area (Å²) in [5.74, 6) is -0.277. The highest BCUT2D eigenvalue weighted by Crippen LogP contribution is 1.94. The summed E-state index contributed by atoms with van der Waals surface area (Å²) < 4.78 is 2.51. The van der Waals surface area contributed by atoms with E-state index in [4.69, 9.17) is 5.73 Å². The second kappa shape index (κ2) is 6.18. The van der Waals surface area contributed by atoms with Crippen LogP contribution in [0.1, 0.15) is 0 Å². The molecule has 0 fully saturated rings. The monoisotopic (exact) mass is 271 g/mol. The van der Waals surface area contributed by atoms with Crippen LogP contribution >= 0.6 is 12.4 Å². The third-order valence-corrected chi connectivity index (χ3v) is 2.25. The van der Waals surface area contributed by atoms with E-state index in [1.165, 1.54) is 4.40 Å². The zero-order chi connectivity index (χ0) is 12.3. The molecule has 0 saturated carbocycles. The molecule has 0 spiro atoms. The molecule has 0 aliphatic carbocycles. The highest BCUT2D eigenvalue weighted by Gasteiger charge is 2.09. The van der Waals surface area contributed by atoms with Gasteiger partial charge in [-0.15, -0.1) is 17.5 Å². The van der Waals surface area contributed by atoms with Gasteiger partial charge in [0.2, 0.25) is 5.91 Å². The minimum atomic E-state index is -0.330. The van der Waals surface area contributed by atoms with Crippen molar-refractivity contribution in [2.24, 2.45) is 5.73 Å². The molecule has 2 heterocycles. The minimum absolute atomic E-state index is 0. The smallest absolute Gasteiger partial charge is 0.350 e. The Balaban J connectivity index is 0.00000162. The van der Waals surface area contributed by atoms with Crippen LogP contribution in [0.3, 0.4) is 0 Å². The second-order valence-electron chi connectivity index (χ2n) is 3.51. The Labute approximate surface area is 109 Å². The van der Waals surface area contributed by atoms with E-state index in [1.807, 2.05) is 0 Å². The number of nitrogens with zero attached hydrogens (tertiary/aromatic N) is 3. The van der Waals surface area contributed by atoms with E-state index < -0.39 is 0 Å². The van der Waals surface area contributed by atoms with E-state index in [0.29, 0.717) is 18.7 Å². The Morgan fingerprint density at radius 1 is 1.44 bits per heavy atom. The van der Waals surface area contributed by atoms with Crippen molar-refractivity contribution in [1.82, 2.24) is 19.5 Å². The van der Waals surface area contributed by atoms with E-state index in [2.05, 4.69) is 10.4 Å². The van der Waals surface area contributed by atoms with Crippen molar-refractivity contribution in [3.05, 3.63) is 34.9 Å². The lowest BCUT2D eigenvalue weighted by molar-refractivity contribution is -0.121. The van der Waals surface area contributed by atoms with Crippen LogP contribution < -0.4 is 16.7 Å². The number of carbonyl (C=O) groups excluding carboxylic acids is 1. The fraction of sp³-hybridized carbons (Fsp3) is 0.300. The predicted molar refractivity (Wildman–Crippen MR) is 68.8 cm³/mol. The van der Waals surface area contributed by atoms with E-state index in [9.17, 15) is 9.59 Å². The summed E-state index contributed by atoms with van der Waals surface area (Å²) in [6, 6.07) is 5.21. The SMILES string of the molecule is Cl.NCCNC(=O)Cn1nc2ccccn2c1=O. The number of fused-ring (bicyclic) bond motifs is 1. The molecule has 2 aromatic heterocycles. The summed E-state index contributed by atoms with van der Waals surface area (Å²) >= 11 is 0. The maximum Gasteiger partial charge on any atom is 0.350 e. The number of amides is 1. The molecule has 3 N–H and O–H groups in total. The number of hydrogen-bond acceptors (Lipinski definition) is 4. The van der Waals surface area contributed by atoms with Crippen LogP contribution in [0, 0.1) is 0 Å². The molecule has 2 rings (SSSR count). The normalized spacial score (nSPS) is 10.1. The molecule has 0 aromatic carbocycles. The second-order valence-corrected chi connectivity index (χ2v) is 3.51. The van der Waals surface area contributed by atoms with Crippen LogP contribution in [0.5, 0.6) is 0 Å². The number of carbonyl (C=O) groups is 1. The molecule has 0 bridgehead atoms. The molecule has 8 heteroatoms. The molecule has 1 amide bonds. The summed E-state index contributed by atoms with van der Waals surface area (Å²) in [7, 11) is 0. The van der Waals surface area contributed by atoms with Gasteiger partial charge in [-0.3, -0.25) is 9.20 Å². The van der Waals surface area contributed by atoms with Crippen LogP contribution in [0.4, 0.5) is 0 Å². The van der Waals surface area contributed by atoms with Gasteiger partial charge >= 0.3 is 5.69 Å². The molecule has 7 nitrogen and oxygen atoms in total. The van der Waals surface area contributed by atoms with Crippen molar-refractivity contribution in [1.29, 1.82) is 0 Å². The average Bonchev–Trinajstić information content (AvgIpc) is 2.64. The number of hydrogen-bond donors (Lipinski definition) is 2. The van der Waals surface area contributed by atoms with Gasteiger partial charge in [-0.2, -0.15) is 0 Å². The van der Waals surface area contributed by atoms with E-state index in [1.54, 1.807) is 24.4 Å². The lowest BCUT2D eigenvalue weighted by Crippen LogP contribution is -2.35. The van der Waals surface area contributed by atoms with E-state index in [-0.39, 0.29) is 30.5 Å². The lowest BCUT2D eigenvalue weighted by Gasteiger charge is -2.01. The van der Waals surface area contributed by atoms with Crippen LogP contribution in [0.25, 0.3) is 5.65 Å². The third kappa shape index (κ3) is 2.88. The molecule has 0 saturated heterocycles. The molecule has 0 aliphatic heterocycles. The van der Waals surface area contributed by atoms with Gasteiger partial charge in [0, 0.05) is 19.3 Å². The van der Waals surface area contributed by atoms with Gasteiger partial charge in [-0.25, -0.2) is 9.48 Å². The molecule has 0 radical (unpaired) electrons. The third-order valence-electron chi connectivity index (χ3n) is 2.25. The van der Waals surface area contributed by atoms with Crippen molar-refractivity contribution in [3.8, 4) is 0 Å². The first-order valence-corrected chi connectivity index (χ1v) is 5.23. The summed E-state index contributed by atoms with van der Waals surface area (Å²) in [6.45, 7) is 0.660. The van der Waals surface area contributed by atoms with Crippen molar-refractivity contribution in [3.63, 3.8) is 0 Å². The van der Waals surface area contributed by atoms with Gasteiger partial charge in [0.15, 0.2) is 5.65 Å². The molecular formula is C10H14ClN5O2. The largest absolute Gasteiger partial charge is 0.353 e. The number of rotatable bonds is 4. The quantitative estimate of drug-likeness (QED) is 0.745. The topological polar surface area (TPSA) is 94.4 Å². The maximum absolute atomic E-state index is 11.8. The highest BCUT2D eigenvalue weighted by molar-refractivity contribution is 5.85. The lowest BCUT2D eigenvalue weighted by atomic mass is 10.5. The first kappa shape index (κ1) is 14.2. The van der Waals surface area contributed by atoms with Crippen molar-refractivity contribution in [2.45, 2.75) is 6.54 Å². The molecule has 98 valence electrons. The number of pyridine rings is 1. The Morgan fingerprint density at radius 2 is 2.22 bits per heavy atom. The molecular weight excluding hydrogens is 258 g/mol. The summed E-state index contributed by atoms with van der Waals surface area (Å²) in [6.07, 6.45) is 1.61. The van der Waals surface area contributed by atoms with Crippen LogP contribution in [-0.2, 0) is 11.3 Å². The van der Waals surface area contributed by atoms with Gasteiger partial charge in [-0.05, 0) is 12.1 Å². The maximum atomic E-state index is 11.8. The van der Waals surface area contributed by atoms with E-state index >= 15 is 0 Å². The molecule has 2 aromatic rings. The fourth-order valence-electron chi connectivity index (χ4n) is 1.47. The Kier molecular flexibility index (Phi) is 4.87. The Morgan fingerprint density at radius 3 is 2.89 bits per heavy atom. The summed E-state index contributed by atoms with van der Waals surface area (Å²) in [5, 5.41) is 6.61. The summed E-state index contributed by atoms with van der Waals surface area (Å²) in [4.78, 5) is 23.2. The van der Waals surface area contributed by atoms with Crippen molar-refractivity contribution < 1.29 is 4.79 Å². The fourth-order valence-corrected chi connectivity index (χ4v) is 1.47. The zero-order valence-corrected chi connectivity index (χ0v) is 10.4. The van der Waals surface area contributed by atoms with Crippen LogP contribution in [-0.4, -0.2) is 33.2 Å². The Hall–Kier alpha value is -1.86. The predicted octanol–water partition coefficient (Wildman–Crippen LogP) is -1.01. The molecule has 18 heavy (non-hydrogen) atoms. The molecule has 0 aliphatic rings. The van der Waals surface area contributed by atoms with Crippen LogP contribution in [0.15, 0.2) is 29.2 Å². The van der Waals surface area contributed by atoms with Gasteiger partial charge in [-0.1, -0.05) is 6.07 Å². The van der Waals surface area contributed by atoms with Crippen molar-refractivity contribution in [2.75, 3.05) is 13.1 Å². The number of nitrogens with two attached hydrogens (primary N) is 1. The van der Waals surface area contributed by atoms with Crippen LogP contribution in [0.2, 0.25) is 0 Å². The molecule has 0 unspecified atom stereocenters. The van der Waals surface area contributed by atoms with E-state index in [0.717, 1.165) is 4.68 Å². The first-order valence-electron chi connectivity index (χ1n) is 5.23. The van der Waals surface area contributed by atoms with Gasteiger partial charge in [0.1, 0.15) is 6.54 Å². The highest BCUT2D eigenvalue weighted by atomic mass is 35.5. The molecule has 0 atom stereocenters. The zero-order valence-electron chi connectivity index (χ0n) is 9.57.